The lowest BCUT2D eigenvalue weighted by Gasteiger charge is -2.30. The molecule has 3 aromatic rings. The van der Waals surface area contributed by atoms with Crippen LogP contribution in [0.2, 0.25) is 0 Å². The van der Waals surface area contributed by atoms with Gasteiger partial charge in [0.1, 0.15) is 5.75 Å². The molecule has 0 spiro atoms. The summed E-state index contributed by atoms with van der Waals surface area (Å²) in [6, 6.07) is 20.5. The molecule has 0 atom stereocenters. The highest BCUT2D eigenvalue weighted by atomic mass is 16.6. The van der Waals surface area contributed by atoms with Gasteiger partial charge in [-0.3, -0.25) is 10.1 Å². The molecule has 3 aromatic carbocycles. The van der Waals surface area contributed by atoms with E-state index in [1.165, 1.54) is 17.2 Å². The molecule has 0 unspecified atom stereocenters. The molecule has 7 nitrogen and oxygen atoms in total. The highest BCUT2D eigenvalue weighted by Crippen LogP contribution is 2.38. The second-order valence-electron chi connectivity index (χ2n) is 12.3. The number of urea groups is 1. The van der Waals surface area contributed by atoms with Crippen molar-refractivity contribution in [1.82, 2.24) is 4.90 Å². The number of carbonyl (C=O) groups is 1. The number of nitro benzene ring substituents is 1. The van der Waals surface area contributed by atoms with Gasteiger partial charge in [-0.2, -0.15) is 0 Å². The minimum Gasteiger partial charge on any atom is -0.493 e. The van der Waals surface area contributed by atoms with E-state index < -0.39 is 4.92 Å². The van der Waals surface area contributed by atoms with Gasteiger partial charge in [-0.25, -0.2) is 4.79 Å². The third kappa shape index (κ3) is 8.57. The summed E-state index contributed by atoms with van der Waals surface area (Å²) in [7, 11) is 0. The molecule has 0 aliphatic heterocycles. The molecule has 7 heteroatoms. The number of nitro groups is 1. The van der Waals surface area contributed by atoms with Gasteiger partial charge in [0.15, 0.2) is 0 Å². The molecule has 3 rings (SSSR count). The van der Waals surface area contributed by atoms with Crippen LogP contribution in [0, 0.1) is 17.0 Å². The number of anilines is 1. The smallest absolute Gasteiger partial charge is 0.322 e. The first-order valence-electron chi connectivity index (χ1n) is 15.0. The molecule has 0 aromatic heterocycles. The van der Waals surface area contributed by atoms with Gasteiger partial charge < -0.3 is 15.0 Å². The van der Waals surface area contributed by atoms with E-state index in [1.54, 1.807) is 23.1 Å². The van der Waals surface area contributed by atoms with E-state index in [0.29, 0.717) is 30.8 Å². The van der Waals surface area contributed by atoms with Crippen LogP contribution in [-0.2, 0) is 17.4 Å². The number of carbonyl (C=O) groups excluding carboxylic acids is 1. The van der Waals surface area contributed by atoms with Crippen LogP contribution in [0.4, 0.5) is 16.2 Å². The van der Waals surface area contributed by atoms with Gasteiger partial charge in [-0.05, 0) is 67.2 Å². The van der Waals surface area contributed by atoms with Crippen LogP contribution in [0.1, 0.15) is 89.5 Å². The fourth-order valence-corrected chi connectivity index (χ4v) is 4.71. The number of unbranched alkanes of at least 4 members (excludes halogenated alkanes) is 1. The molecule has 226 valence electrons. The predicted molar refractivity (Wildman–Crippen MR) is 172 cm³/mol. The summed E-state index contributed by atoms with van der Waals surface area (Å²) in [5.41, 5.74) is 4.90. The maximum absolute atomic E-state index is 13.3. The highest BCUT2D eigenvalue weighted by molar-refractivity contribution is 5.89. The van der Waals surface area contributed by atoms with Crippen LogP contribution < -0.4 is 10.1 Å². The number of hydrogen-bond donors (Lipinski definition) is 1. The van der Waals surface area contributed by atoms with E-state index in [4.69, 9.17) is 4.74 Å². The number of benzene rings is 3. The van der Waals surface area contributed by atoms with Gasteiger partial charge in [0.25, 0.3) is 5.69 Å². The minimum atomic E-state index is -0.401. The second-order valence-corrected chi connectivity index (χ2v) is 12.3. The third-order valence-corrected chi connectivity index (χ3v) is 8.48. The first-order valence-corrected chi connectivity index (χ1v) is 15.0. The minimum absolute atomic E-state index is 0.00901. The topological polar surface area (TPSA) is 84.7 Å². The highest BCUT2D eigenvalue weighted by Gasteiger charge is 2.27. The Hall–Kier alpha value is -3.87. The number of ether oxygens (including phenoxy) is 1. The summed E-state index contributed by atoms with van der Waals surface area (Å²) in [5.74, 6) is 0.909. The lowest BCUT2D eigenvalue weighted by molar-refractivity contribution is -0.385. The molecule has 0 radical (unpaired) electrons. The number of aryl methyl sites for hydroxylation is 1. The van der Waals surface area contributed by atoms with Crippen molar-refractivity contribution in [3.8, 4) is 5.75 Å². The monoisotopic (exact) mass is 573 g/mol. The van der Waals surface area contributed by atoms with Gasteiger partial charge in [-0.1, -0.05) is 89.6 Å². The Morgan fingerprint density at radius 2 is 1.60 bits per heavy atom. The Balaban J connectivity index is 1.71. The van der Waals surface area contributed by atoms with Crippen molar-refractivity contribution in [2.24, 2.45) is 0 Å². The van der Waals surface area contributed by atoms with Crippen molar-refractivity contribution in [2.75, 3.05) is 18.5 Å². The summed E-state index contributed by atoms with van der Waals surface area (Å²) in [6.45, 7) is 16.6. The Morgan fingerprint density at radius 3 is 2.24 bits per heavy atom. The van der Waals surface area contributed by atoms with Crippen molar-refractivity contribution in [3.63, 3.8) is 0 Å². The summed E-state index contributed by atoms with van der Waals surface area (Å²) in [5, 5.41) is 14.6. The first-order chi connectivity index (χ1) is 19.9. The zero-order chi connectivity index (χ0) is 30.9. The number of nitrogens with one attached hydrogen (secondary N) is 1. The van der Waals surface area contributed by atoms with Crippen molar-refractivity contribution < 1.29 is 14.5 Å². The number of nitrogens with zero attached hydrogens (tertiary/aromatic N) is 2. The molecule has 0 heterocycles. The summed E-state index contributed by atoms with van der Waals surface area (Å²) in [6.07, 6.45) is 3.48. The zero-order valence-electron chi connectivity index (χ0n) is 26.3. The molecular weight excluding hydrogens is 526 g/mol. The molecule has 1 N–H and O–H groups in total. The molecule has 0 saturated carbocycles. The van der Waals surface area contributed by atoms with Crippen LogP contribution >= 0.6 is 0 Å². The van der Waals surface area contributed by atoms with Gasteiger partial charge in [0.05, 0.1) is 18.1 Å². The predicted octanol–water partition coefficient (Wildman–Crippen LogP) is 9.17. The number of amides is 2. The average molecular weight is 574 g/mol. The molecular formula is C35H47N3O4. The van der Waals surface area contributed by atoms with Crippen molar-refractivity contribution in [2.45, 2.75) is 91.5 Å². The average Bonchev–Trinajstić information content (AvgIpc) is 2.97. The van der Waals surface area contributed by atoms with Gasteiger partial charge in [0, 0.05) is 29.4 Å². The van der Waals surface area contributed by atoms with Crippen LogP contribution in [0.3, 0.4) is 0 Å². The van der Waals surface area contributed by atoms with Gasteiger partial charge in [0.2, 0.25) is 0 Å². The molecule has 0 aliphatic carbocycles. The normalized spacial score (nSPS) is 11.7. The molecule has 0 fully saturated rings. The largest absolute Gasteiger partial charge is 0.493 e. The van der Waals surface area contributed by atoms with Crippen LogP contribution in [0.15, 0.2) is 66.7 Å². The summed E-state index contributed by atoms with van der Waals surface area (Å²) >= 11 is 0. The van der Waals surface area contributed by atoms with Crippen LogP contribution in [0.5, 0.6) is 5.75 Å². The number of hydrogen-bond acceptors (Lipinski definition) is 4. The zero-order valence-corrected chi connectivity index (χ0v) is 26.3. The van der Waals surface area contributed by atoms with E-state index in [-0.39, 0.29) is 29.1 Å². The van der Waals surface area contributed by atoms with Crippen molar-refractivity contribution in [3.05, 3.63) is 99.1 Å². The van der Waals surface area contributed by atoms with E-state index in [1.807, 2.05) is 31.2 Å². The van der Waals surface area contributed by atoms with E-state index in [9.17, 15) is 14.9 Å². The standard InChI is InChI=1S/C35H47N3O4/c1-8-34(4,5)28-18-21-32(30(24-28)35(6,7)9-2)42-23-13-12-22-37(25-27-14-10-11-15-31(27)38(40)41)33(39)36-29-19-16-26(3)17-20-29/h10-11,14-21,24H,8-9,12-13,22-23,25H2,1-7H3,(H,36,39). The van der Waals surface area contributed by atoms with E-state index in [0.717, 1.165) is 30.6 Å². The molecule has 2 amide bonds. The molecule has 42 heavy (non-hydrogen) atoms. The first kappa shape index (κ1) is 32.6. The Kier molecular flexibility index (Phi) is 11.1. The quantitative estimate of drug-likeness (QED) is 0.118. The number of para-hydroxylation sites is 1. The van der Waals surface area contributed by atoms with E-state index in [2.05, 4.69) is 65.1 Å². The molecule has 0 bridgehead atoms. The van der Waals surface area contributed by atoms with Gasteiger partial charge in [-0.15, -0.1) is 0 Å². The Morgan fingerprint density at radius 1 is 0.929 bits per heavy atom. The lowest BCUT2D eigenvalue weighted by Crippen LogP contribution is -2.35. The van der Waals surface area contributed by atoms with Crippen molar-refractivity contribution >= 4 is 17.4 Å². The molecule has 0 saturated heterocycles. The number of rotatable bonds is 14. The van der Waals surface area contributed by atoms with Crippen LogP contribution in [-0.4, -0.2) is 29.0 Å². The molecule has 0 aliphatic rings. The van der Waals surface area contributed by atoms with E-state index >= 15 is 0 Å². The SMILES string of the molecule is CCC(C)(C)c1ccc(OCCCCN(Cc2ccccc2[N+](=O)[O-])C(=O)Nc2ccc(C)cc2)c(C(C)(C)CC)c1. The maximum atomic E-state index is 13.3. The Bertz CT molecular complexity index is 1350. The van der Waals surface area contributed by atoms with Crippen LogP contribution in [0.25, 0.3) is 0 Å². The summed E-state index contributed by atoms with van der Waals surface area (Å²) in [4.78, 5) is 26.2. The Labute approximate surface area is 251 Å². The van der Waals surface area contributed by atoms with Crippen molar-refractivity contribution in [1.29, 1.82) is 0 Å². The maximum Gasteiger partial charge on any atom is 0.322 e. The lowest BCUT2D eigenvalue weighted by atomic mass is 9.76. The summed E-state index contributed by atoms with van der Waals surface area (Å²) < 4.78 is 6.34. The third-order valence-electron chi connectivity index (χ3n) is 8.48. The fourth-order valence-electron chi connectivity index (χ4n) is 4.71. The second kappa shape index (κ2) is 14.3. The van der Waals surface area contributed by atoms with Gasteiger partial charge >= 0.3 is 6.03 Å². The fraction of sp³-hybridized carbons (Fsp3) is 0.457.